The summed E-state index contributed by atoms with van der Waals surface area (Å²) in [6, 6.07) is 4.62. The minimum atomic E-state index is -2.71. The number of H-pyrrole nitrogens is 1. The van der Waals surface area contributed by atoms with Gasteiger partial charge >= 0.3 is 0 Å². The first-order valence-corrected chi connectivity index (χ1v) is 7.88. The summed E-state index contributed by atoms with van der Waals surface area (Å²) in [6.07, 6.45) is -0.0107. The quantitative estimate of drug-likeness (QED) is 0.787. The van der Waals surface area contributed by atoms with Crippen LogP contribution in [0.1, 0.15) is 12.1 Å². The SMILES string of the molecule is Fc1cnc2[nH]cc(-c3ccc(N4CCOCC4)c(C(F)F)n3)c2c1. The number of nitrogens with zero attached hydrogens (tertiary/aromatic N) is 3. The number of nitrogens with one attached hydrogen (secondary N) is 1. The molecule has 1 aliphatic heterocycles. The van der Waals surface area contributed by atoms with E-state index >= 15 is 0 Å². The van der Waals surface area contributed by atoms with E-state index in [1.807, 2.05) is 4.90 Å². The summed E-state index contributed by atoms with van der Waals surface area (Å²) in [5, 5.41) is 0.506. The number of hydrogen-bond acceptors (Lipinski definition) is 4. The van der Waals surface area contributed by atoms with E-state index < -0.39 is 12.2 Å². The van der Waals surface area contributed by atoms with Gasteiger partial charge in [-0.1, -0.05) is 0 Å². The zero-order valence-electron chi connectivity index (χ0n) is 13.2. The van der Waals surface area contributed by atoms with Gasteiger partial charge in [-0.25, -0.2) is 23.1 Å². The molecule has 8 heteroatoms. The lowest BCUT2D eigenvalue weighted by Crippen LogP contribution is -2.37. The maximum absolute atomic E-state index is 13.6. The lowest BCUT2D eigenvalue weighted by atomic mass is 10.1. The Hall–Kier alpha value is -2.61. The van der Waals surface area contributed by atoms with Gasteiger partial charge in [0.15, 0.2) is 0 Å². The van der Waals surface area contributed by atoms with Crippen LogP contribution in [0.3, 0.4) is 0 Å². The Labute approximate surface area is 141 Å². The summed E-state index contributed by atoms with van der Waals surface area (Å²) < 4.78 is 45.9. The van der Waals surface area contributed by atoms with E-state index in [-0.39, 0.29) is 5.69 Å². The predicted molar refractivity (Wildman–Crippen MR) is 87.3 cm³/mol. The van der Waals surface area contributed by atoms with Crippen LogP contribution in [0.5, 0.6) is 0 Å². The smallest absolute Gasteiger partial charge is 0.282 e. The van der Waals surface area contributed by atoms with Crippen molar-refractivity contribution in [3.8, 4) is 11.3 Å². The third kappa shape index (κ3) is 2.93. The molecule has 130 valence electrons. The van der Waals surface area contributed by atoms with Crippen LogP contribution in [0.15, 0.2) is 30.6 Å². The predicted octanol–water partition coefficient (Wildman–Crippen LogP) is 3.54. The molecule has 0 aromatic carbocycles. The van der Waals surface area contributed by atoms with Crippen molar-refractivity contribution < 1.29 is 17.9 Å². The van der Waals surface area contributed by atoms with Crippen molar-refractivity contribution in [1.29, 1.82) is 0 Å². The fraction of sp³-hybridized carbons (Fsp3) is 0.294. The Morgan fingerprint density at radius 1 is 1.20 bits per heavy atom. The summed E-state index contributed by atoms with van der Waals surface area (Å²) in [5.41, 5.74) is 1.50. The van der Waals surface area contributed by atoms with E-state index in [2.05, 4.69) is 15.0 Å². The highest BCUT2D eigenvalue weighted by atomic mass is 19.3. The number of alkyl halides is 2. The molecular formula is C17H15F3N4O. The van der Waals surface area contributed by atoms with Crippen molar-refractivity contribution in [2.45, 2.75) is 6.43 Å². The molecule has 0 radical (unpaired) electrons. The van der Waals surface area contributed by atoms with Gasteiger partial charge in [0, 0.05) is 30.2 Å². The third-order valence-corrected chi connectivity index (χ3v) is 4.23. The van der Waals surface area contributed by atoms with Gasteiger partial charge in [0.05, 0.1) is 30.8 Å². The number of pyridine rings is 2. The molecule has 1 fully saturated rings. The highest BCUT2D eigenvalue weighted by Gasteiger charge is 2.23. The van der Waals surface area contributed by atoms with Crippen LogP contribution in [0.25, 0.3) is 22.3 Å². The molecule has 0 atom stereocenters. The first-order chi connectivity index (χ1) is 12.1. The van der Waals surface area contributed by atoms with E-state index in [9.17, 15) is 13.2 Å². The van der Waals surface area contributed by atoms with E-state index in [0.29, 0.717) is 54.3 Å². The zero-order chi connectivity index (χ0) is 17.4. The van der Waals surface area contributed by atoms with Gasteiger partial charge in [-0.3, -0.25) is 0 Å². The number of halogens is 3. The molecule has 25 heavy (non-hydrogen) atoms. The first-order valence-electron chi connectivity index (χ1n) is 7.88. The van der Waals surface area contributed by atoms with Crippen molar-refractivity contribution >= 4 is 16.7 Å². The number of fused-ring (bicyclic) bond motifs is 1. The fourth-order valence-electron chi connectivity index (χ4n) is 3.04. The molecular weight excluding hydrogens is 333 g/mol. The van der Waals surface area contributed by atoms with Crippen LogP contribution in [-0.4, -0.2) is 41.3 Å². The molecule has 0 bridgehead atoms. The van der Waals surface area contributed by atoms with Gasteiger partial charge in [0.1, 0.15) is 17.2 Å². The van der Waals surface area contributed by atoms with Crippen LogP contribution >= 0.6 is 0 Å². The van der Waals surface area contributed by atoms with E-state index in [1.54, 1.807) is 18.3 Å². The maximum atomic E-state index is 13.6. The van der Waals surface area contributed by atoms with Crippen LogP contribution in [0, 0.1) is 5.82 Å². The van der Waals surface area contributed by atoms with Crippen molar-refractivity contribution in [3.63, 3.8) is 0 Å². The second-order valence-corrected chi connectivity index (χ2v) is 5.75. The van der Waals surface area contributed by atoms with Gasteiger partial charge in [-0.15, -0.1) is 0 Å². The molecule has 0 saturated carbocycles. The van der Waals surface area contributed by atoms with Gasteiger partial charge in [-0.05, 0) is 18.2 Å². The normalized spacial score (nSPS) is 15.3. The molecule has 1 aliphatic rings. The summed E-state index contributed by atoms with van der Waals surface area (Å²) in [7, 11) is 0. The molecule has 4 rings (SSSR count). The number of anilines is 1. The standard InChI is InChI=1S/C17H15F3N4O/c18-10-7-11-12(9-22-17(11)21-8-10)13-1-2-14(15(23-13)16(19)20)24-3-5-25-6-4-24/h1-2,7-9,16H,3-6H2,(H,21,22). The Morgan fingerprint density at radius 2 is 2.00 bits per heavy atom. The fourth-order valence-corrected chi connectivity index (χ4v) is 3.04. The van der Waals surface area contributed by atoms with Gasteiger partial charge in [-0.2, -0.15) is 0 Å². The topological polar surface area (TPSA) is 54.0 Å². The van der Waals surface area contributed by atoms with Crippen LogP contribution in [-0.2, 0) is 4.74 Å². The number of aromatic nitrogens is 3. The van der Waals surface area contributed by atoms with Crippen LogP contribution < -0.4 is 4.90 Å². The van der Waals surface area contributed by atoms with E-state index in [0.717, 1.165) is 6.20 Å². The third-order valence-electron chi connectivity index (χ3n) is 4.23. The summed E-state index contributed by atoms with van der Waals surface area (Å²) in [5.74, 6) is -0.493. The average Bonchev–Trinajstić information content (AvgIpc) is 3.05. The Balaban J connectivity index is 1.80. The molecule has 0 unspecified atom stereocenters. The monoisotopic (exact) mass is 348 g/mol. The minimum Gasteiger partial charge on any atom is -0.378 e. The molecule has 4 heterocycles. The summed E-state index contributed by atoms with van der Waals surface area (Å²) in [6.45, 7) is 2.08. The number of aromatic amines is 1. The highest BCUT2D eigenvalue weighted by molar-refractivity contribution is 5.92. The van der Waals surface area contributed by atoms with Gasteiger partial charge < -0.3 is 14.6 Å². The van der Waals surface area contributed by atoms with Crippen LogP contribution in [0.4, 0.5) is 18.9 Å². The second kappa shape index (κ2) is 6.36. The zero-order valence-corrected chi connectivity index (χ0v) is 13.2. The lowest BCUT2D eigenvalue weighted by Gasteiger charge is -2.30. The summed E-state index contributed by atoms with van der Waals surface area (Å²) in [4.78, 5) is 12.9. The molecule has 0 amide bonds. The number of morpholine rings is 1. The number of hydrogen-bond donors (Lipinski definition) is 1. The molecule has 3 aromatic rings. The first kappa shape index (κ1) is 15.9. The molecule has 1 N–H and O–H groups in total. The highest BCUT2D eigenvalue weighted by Crippen LogP contribution is 2.33. The molecule has 0 aliphatic carbocycles. The molecule has 5 nitrogen and oxygen atoms in total. The van der Waals surface area contributed by atoms with Gasteiger partial charge in [0.25, 0.3) is 6.43 Å². The number of ether oxygens (including phenoxy) is 1. The van der Waals surface area contributed by atoms with Crippen molar-refractivity contribution in [1.82, 2.24) is 15.0 Å². The van der Waals surface area contributed by atoms with Crippen molar-refractivity contribution in [2.75, 3.05) is 31.2 Å². The molecule has 3 aromatic heterocycles. The number of rotatable bonds is 3. The van der Waals surface area contributed by atoms with Crippen LogP contribution in [0.2, 0.25) is 0 Å². The van der Waals surface area contributed by atoms with E-state index in [4.69, 9.17) is 4.74 Å². The Morgan fingerprint density at radius 3 is 2.76 bits per heavy atom. The molecule has 1 saturated heterocycles. The van der Waals surface area contributed by atoms with Gasteiger partial charge in [0.2, 0.25) is 0 Å². The largest absolute Gasteiger partial charge is 0.378 e. The Bertz CT molecular complexity index is 906. The summed E-state index contributed by atoms with van der Waals surface area (Å²) >= 11 is 0. The second-order valence-electron chi connectivity index (χ2n) is 5.75. The maximum Gasteiger partial charge on any atom is 0.282 e. The van der Waals surface area contributed by atoms with Crippen molar-refractivity contribution in [3.05, 3.63) is 42.1 Å². The Kier molecular flexibility index (Phi) is 4.04. The lowest BCUT2D eigenvalue weighted by molar-refractivity contribution is 0.120. The molecule has 0 spiro atoms. The van der Waals surface area contributed by atoms with Crippen molar-refractivity contribution in [2.24, 2.45) is 0 Å². The minimum absolute atomic E-state index is 0.280. The average molecular weight is 348 g/mol. The van der Waals surface area contributed by atoms with E-state index in [1.165, 1.54) is 6.07 Å².